The lowest BCUT2D eigenvalue weighted by atomic mass is 9.84. The third-order valence-electron chi connectivity index (χ3n) is 10.5. The van der Waals surface area contributed by atoms with Gasteiger partial charge in [0.05, 0.1) is 54.9 Å². The summed E-state index contributed by atoms with van der Waals surface area (Å²) < 4.78 is 10.3. The number of nitrogens with zero attached hydrogens (tertiary/aromatic N) is 2. The number of hydrogen-bond donors (Lipinski definition) is 5. The average Bonchev–Trinajstić information content (AvgIpc) is 3.88. The Hall–Kier alpha value is -2.76. The molecule has 6 fully saturated rings. The Kier molecular flexibility index (Phi) is 17.6. The SMILES string of the molecule is C[NH+](C)c1ccncc1.C[NH+]1CC2CCC(CC2)C1.C[NH+]1CCCC1c1cccnc1.C[NH+]1CCOC1.c1ccc(C[NH+]2CCOC2)cc1. The number of quaternary nitrogens is 5. The molecule has 4 atom stereocenters. The van der Waals surface area contributed by atoms with E-state index in [0.717, 1.165) is 51.6 Å². The zero-order valence-electron chi connectivity index (χ0n) is 31.3. The minimum absolute atomic E-state index is 0.693. The lowest BCUT2D eigenvalue weighted by molar-refractivity contribution is -0.910. The summed E-state index contributed by atoms with van der Waals surface area (Å²) in [5.74, 6) is 2.16. The monoisotopic (exact) mass is 679 g/mol. The highest BCUT2D eigenvalue weighted by atomic mass is 16.5. The maximum absolute atomic E-state index is 5.29. The fourth-order valence-electron chi connectivity index (χ4n) is 7.53. The van der Waals surface area contributed by atoms with Crippen molar-refractivity contribution in [3.05, 3.63) is 90.5 Å². The van der Waals surface area contributed by atoms with Crippen LogP contribution in [0.4, 0.5) is 5.69 Å². The molecule has 5 N–H and O–H groups in total. The van der Waals surface area contributed by atoms with E-state index in [9.17, 15) is 0 Å². The molecule has 270 valence electrons. The van der Waals surface area contributed by atoms with Crippen molar-refractivity contribution in [2.75, 3.05) is 94.6 Å². The van der Waals surface area contributed by atoms with Gasteiger partial charge in [-0.1, -0.05) is 36.4 Å². The van der Waals surface area contributed by atoms with E-state index in [-0.39, 0.29) is 0 Å². The van der Waals surface area contributed by atoms with Crippen molar-refractivity contribution in [1.29, 1.82) is 0 Å². The van der Waals surface area contributed by atoms with Gasteiger partial charge in [0, 0.05) is 72.7 Å². The molecule has 1 aliphatic carbocycles. The standard InChI is InChI=1S/C10H14N2.C10H13NO.C9H17N.C7H10N2.C4H9NO/c1-12-7-3-5-10(12)9-4-2-6-11-8-9;1-2-4-10(5-3-1)8-11-6-7-12-9-11;1-10-6-8-2-3-9(7-10)5-4-8;1-9(2)7-3-5-8-6-4-7;1-5-2-3-6-4-5/h2,4,6,8,10H,3,5,7H2,1H3;1-5H,6-9H2;8-9H,2-7H2,1H3;3-6H,1-2H3;2-4H2,1H3/p+5. The molecule has 1 saturated carbocycles. The van der Waals surface area contributed by atoms with Crippen LogP contribution in [0.5, 0.6) is 0 Å². The number of aromatic nitrogens is 2. The number of ether oxygens (including phenoxy) is 2. The number of likely N-dealkylation sites (N-methyl/N-ethyl adjacent to an activating group) is 1. The lowest BCUT2D eigenvalue weighted by Crippen LogP contribution is -3.09. The van der Waals surface area contributed by atoms with E-state index < -0.39 is 0 Å². The Labute approximate surface area is 297 Å². The molecule has 2 bridgehead atoms. The Morgan fingerprint density at radius 1 is 0.694 bits per heavy atom. The maximum Gasteiger partial charge on any atom is 0.182 e. The minimum Gasteiger partial charge on any atom is -0.337 e. The number of benzene rings is 1. The molecule has 9 rings (SSSR count). The number of likely N-dealkylation sites (tertiary alicyclic amines) is 1. The molecule has 1 aromatic carbocycles. The molecule has 0 spiro atoms. The highest BCUT2D eigenvalue weighted by Crippen LogP contribution is 2.28. The molecule has 3 aromatic rings. The quantitative estimate of drug-likeness (QED) is 0.250. The van der Waals surface area contributed by atoms with Gasteiger partial charge in [0.1, 0.15) is 44.6 Å². The highest BCUT2D eigenvalue weighted by Gasteiger charge is 2.30. The van der Waals surface area contributed by atoms with E-state index in [2.05, 4.69) is 81.6 Å². The van der Waals surface area contributed by atoms with Gasteiger partial charge in [-0.05, 0) is 31.7 Å². The van der Waals surface area contributed by atoms with E-state index >= 15 is 0 Å². The molecule has 4 unspecified atom stereocenters. The van der Waals surface area contributed by atoms with Crippen LogP contribution >= 0.6 is 0 Å². The predicted molar refractivity (Wildman–Crippen MR) is 196 cm³/mol. The van der Waals surface area contributed by atoms with Gasteiger partial charge in [-0.3, -0.25) is 9.97 Å². The number of nitrogens with one attached hydrogen (secondary N) is 5. The van der Waals surface area contributed by atoms with Crippen molar-refractivity contribution in [1.82, 2.24) is 9.97 Å². The van der Waals surface area contributed by atoms with Crippen LogP contribution in [0.1, 0.15) is 55.7 Å². The van der Waals surface area contributed by atoms with Crippen molar-refractivity contribution in [2.45, 2.75) is 51.1 Å². The van der Waals surface area contributed by atoms with Crippen molar-refractivity contribution >= 4 is 5.69 Å². The highest BCUT2D eigenvalue weighted by molar-refractivity contribution is 5.24. The zero-order valence-corrected chi connectivity index (χ0v) is 31.3. The molecule has 5 aliphatic heterocycles. The first-order valence-corrected chi connectivity index (χ1v) is 19.0. The van der Waals surface area contributed by atoms with E-state index in [1.54, 1.807) is 9.80 Å². The molecule has 2 aromatic heterocycles. The molecule has 49 heavy (non-hydrogen) atoms. The first-order valence-electron chi connectivity index (χ1n) is 19.0. The van der Waals surface area contributed by atoms with E-state index in [1.165, 1.54) is 96.2 Å². The molecule has 7 heterocycles. The molecule has 5 saturated heterocycles. The Morgan fingerprint density at radius 3 is 1.84 bits per heavy atom. The van der Waals surface area contributed by atoms with Crippen LogP contribution in [0.15, 0.2) is 79.4 Å². The van der Waals surface area contributed by atoms with Crippen LogP contribution < -0.4 is 24.5 Å². The van der Waals surface area contributed by atoms with Gasteiger partial charge >= 0.3 is 0 Å². The van der Waals surface area contributed by atoms with E-state index in [0.29, 0.717) is 6.04 Å². The topological polar surface area (TPSA) is 66.4 Å². The Morgan fingerprint density at radius 2 is 1.37 bits per heavy atom. The van der Waals surface area contributed by atoms with Crippen LogP contribution in [0.2, 0.25) is 0 Å². The van der Waals surface area contributed by atoms with Crippen molar-refractivity contribution in [3.63, 3.8) is 0 Å². The van der Waals surface area contributed by atoms with Gasteiger partial charge < -0.3 is 34.0 Å². The van der Waals surface area contributed by atoms with Crippen LogP contribution in [0, 0.1) is 11.8 Å². The second-order valence-corrected chi connectivity index (χ2v) is 15.0. The van der Waals surface area contributed by atoms with Crippen LogP contribution in [0.25, 0.3) is 0 Å². The first kappa shape index (κ1) is 39.0. The summed E-state index contributed by atoms with van der Waals surface area (Å²) in [4.78, 5) is 15.8. The Bertz CT molecular complexity index is 1220. The van der Waals surface area contributed by atoms with Gasteiger partial charge in [-0.2, -0.15) is 0 Å². The van der Waals surface area contributed by atoms with Gasteiger partial charge in [0.2, 0.25) is 0 Å². The summed E-state index contributed by atoms with van der Waals surface area (Å²) in [5, 5.41) is 0. The van der Waals surface area contributed by atoms with Crippen molar-refractivity contribution in [3.8, 4) is 0 Å². The molecule has 6 aliphatic rings. The summed E-state index contributed by atoms with van der Waals surface area (Å²) in [6, 6.07) is 19.5. The summed E-state index contributed by atoms with van der Waals surface area (Å²) in [7, 11) is 10.9. The van der Waals surface area contributed by atoms with Crippen LogP contribution in [-0.4, -0.2) is 105 Å². The van der Waals surface area contributed by atoms with Crippen LogP contribution in [0.3, 0.4) is 0 Å². The smallest absolute Gasteiger partial charge is 0.182 e. The molecule has 9 nitrogen and oxygen atoms in total. The van der Waals surface area contributed by atoms with Crippen molar-refractivity contribution in [2.24, 2.45) is 11.8 Å². The van der Waals surface area contributed by atoms with Gasteiger partial charge in [-0.15, -0.1) is 0 Å². The van der Waals surface area contributed by atoms with Crippen LogP contribution in [-0.2, 0) is 16.0 Å². The normalized spacial score (nSPS) is 28.4. The molecule has 9 heteroatoms. The Balaban J connectivity index is 0.000000140. The largest absolute Gasteiger partial charge is 0.337 e. The summed E-state index contributed by atoms with van der Waals surface area (Å²) in [6.45, 7) is 11.3. The maximum atomic E-state index is 5.29. The first-order chi connectivity index (χ1) is 23.9. The van der Waals surface area contributed by atoms with Gasteiger partial charge in [-0.25, -0.2) is 0 Å². The fraction of sp³-hybridized carbons (Fsp3) is 0.600. The fourth-order valence-corrected chi connectivity index (χ4v) is 7.53. The number of rotatable bonds is 4. The third kappa shape index (κ3) is 14.9. The average molecular weight is 679 g/mol. The summed E-state index contributed by atoms with van der Waals surface area (Å²) in [5.41, 5.74) is 4.07. The van der Waals surface area contributed by atoms with E-state index in [4.69, 9.17) is 9.47 Å². The zero-order chi connectivity index (χ0) is 34.7. The summed E-state index contributed by atoms with van der Waals surface area (Å²) in [6.07, 6.45) is 16.2. The molecular formula is C40H68N7O2+5. The predicted octanol–water partition coefficient (Wildman–Crippen LogP) is -0.842. The van der Waals surface area contributed by atoms with Gasteiger partial charge in [0.25, 0.3) is 0 Å². The van der Waals surface area contributed by atoms with E-state index in [1.807, 2.05) is 43.0 Å². The number of hydrogen-bond acceptors (Lipinski definition) is 4. The minimum atomic E-state index is 0.693. The molecule has 0 radical (unpaired) electrons. The third-order valence-corrected chi connectivity index (χ3v) is 10.5. The molecule has 0 amide bonds. The number of fused-ring (bicyclic) bond motifs is 4. The number of pyridine rings is 2. The van der Waals surface area contributed by atoms with Gasteiger partial charge in [0.15, 0.2) is 13.5 Å². The summed E-state index contributed by atoms with van der Waals surface area (Å²) >= 11 is 0. The molecular weight excluding hydrogens is 610 g/mol. The second kappa shape index (κ2) is 22.1. The second-order valence-electron chi connectivity index (χ2n) is 15.0. The van der Waals surface area contributed by atoms with Crippen molar-refractivity contribution < 1.29 is 34.0 Å². The lowest BCUT2D eigenvalue weighted by Gasteiger charge is -2.18.